The minimum absolute atomic E-state index is 0.0826. The molecule has 1 aromatic carbocycles. The monoisotopic (exact) mass is 267 g/mol. The summed E-state index contributed by atoms with van der Waals surface area (Å²) in [6.45, 7) is 4.33. The third-order valence-electron chi connectivity index (χ3n) is 2.57. The van der Waals surface area contributed by atoms with Gasteiger partial charge in [0.1, 0.15) is 0 Å². The van der Waals surface area contributed by atoms with Crippen LogP contribution in [0.4, 0.5) is 0 Å². The SMILES string of the molecule is CC(C)n1c(CO)cc2cccc(Br)c21. The number of aromatic nitrogens is 1. The molecule has 80 valence electrons. The summed E-state index contributed by atoms with van der Waals surface area (Å²) in [6, 6.07) is 8.50. The summed E-state index contributed by atoms with van der Waals surface area (Å²) >= 11 is 3.56. The Morgan fingerprint density at radius 1 is 1.40 bits per heavy atom. The Kier molecular flexibility index (Phi) is 2.85. The van der Waals surface area contributed by atoms with Crippen LogP contribution in [0, 0.1) is 0 Å². The van der Waals surface area contributed by atoms with Crippen molar-refractivity contribution in [1.82, 2.24) is 4.57 Å². The van der Waals surface area contributed by atoms with Crippen LogP contribution in [0.25, 0.3) is 10.9 Å². The average molecular weight is 268 g/mol. The minimum atomic E-state index is 0.0826. The lowest BCUT2D eigenvalue weighted by molar-refractivity contribution is 0.269. The molecule has 0 saturated heterocycles. The molecular formula is C12H14BrNO. The van der Waals surface area contributed by atoms with Gasteiger partial charge in [0.2, 0.25) is 0 Å². The molecule has 2 nitrogen and oxygen atoms in total. The number of benzene rings is 1. The van der Waals surface area contributed by atoms with Crippen LogP contribution in [0.1, 0.15) is 25.6 Å². The number of hydrogen-bond acceptors (Lipinski definition) is 1. The van der Waals surface area contributed by atoms with Crippen molar-refractivity contribution in [3.8, 4) is 0 Å². The largest absolute Gasteiger partial charge is 0.390 e. The molecule has 0 bridgehead atoms. The van der Waals surface area contributed by atoms with Gasteiger partial charge in [0.15, 0.2) is 0 Å². The van der Waals surface area contributed by atoms with Gasteiger partial charge in [-0.3, -0.25) is 0 Å². The van der Waals surface area contributed by atoms with Crippen molar-refractivity contribution < 1.29 is 5.11 Å². The number of nitrogens with zero attached hydrogens (tertiary/aromatic N) is 1. The Bertz CT molecular complexity index is 488. The van der Waals surface area contributed by atoms with E-state index < -0.39 is 0 Å². The van der Waals surface area contributed by atoms with E-state index in [9.17, 15) is 5.11 Å². The summed E-state index contributed by atoms with van der Waals surface area (Å²) < 4.78 is 3.24. The quantitative estimate of drug-likeness (QED) is 0.886. The average Bonchev–Trinajstić information content (AvgIpc) is 2.57. The fraction of sp³-hybridized carbons (Fsp3) is 0.333. The Labute approximate surface area is 97.7 Å². The highest BCUT2D eigenvalue weighted by Gasteiger charge is 2.12. The first-order valence-corrected chi connectivity index (χ1v) is 5.83. The number of aliphatic hydroxyl groups is 1. The minimum Gasteiger partial charge on any atom is -0.390 e. The fourth-order valence-corrected chi connectivity index (χ4v) is 2.58. The zero-order valence-corrected chi connectivity index (χ0v) is 10.5. The Morgan fingerprint density at radius 3 is 2.73 bits per heavy atom. The molecule has 2 rings (SSSR count). The number of fused-ring (bicyclic) bond motifs is 1. The number of hydrogen-bond donors (Lipinski definition) is 1. The predicted octanol–water partition coefficient (Wildman–Crippen LogP) is 3.48. The second kappa shape index (κ2) is 3.99. The first-order valence-electron chi connectivity index (χ1n) is 5.04. The molecule has 0 spiro atoms. The summed E-state index contributed by atoms with van der Waals surface area (Å²) in [5.41, 5.74) is 2.13. The first-order chi connectivity index (χ1) is 7.15. The lowest BCUT2D eigenvalue weighted by atomic mass is 10.2. The molecule has 1 N–H and O–H groups in total. The Morgan fingerprint density at radius 2 is 2.13 bits per heavy atom. The molecule has 0 unspecified atom stereocenters. The normalized spacial score (nSPS) is 11.5. The van der Waals surface area contributed by atoms with E-state index in [1.165, 1.54) is 5.39 Å². The van der Waals surface area contributed by atoms with Crippen molar-refractivity contribution in [2.24, 2.45) is 0 Å². The van der Waals surface area contributed by atoms with Crippen molar-refractivity contribution >= 4 is 26.8 Å². The van der Waals surface area contributed by atoms with Crippen molar-refractivity contribution in [2.75, 3.05) is 0 Å². The maximum absolute atomic E-state index is 9.32. The molecule has 0 aliphatic heterocycles. The van der Waals surface area contributed by atoms with Gasteiger partial charge in [-0.2, -0.15) is 0 Å². The molecule has 15 heavy (non-hydrogen) atoms. The summed E-state index contributed by atoms with van der Waals surface area (Å²) in [5, 5.41) is 10.5. The van der Waals surface area contributed by atoms with Gasteiger partial charge in [0.25, 0.3) is 0 Å². The van der Waals surface area contributed by atoms with Crippen molar-refractivity contribution in [3.05, 3.63) is 34.4 Å². The zero-order valence-electron chi connectivity index (χ0n) is 8.87. The molecule has 0 amide bonds. The smallest absolute Gasteiger partial charge is 0.0833 e. The lowest BCUT2D eigenvalue weighted by Crippen LogP contribution is -2.05. The number of rotatable bonds is 2. The van der Waals surface area contributed by atoms with Gasteiger partial charge < -0.3 is 9.67 Å². The summed E-state index contributed by atoms with van der Waals surface area (Å²) in [5.74, 6) is 0. The number of halogens is 1. The first kappa shape index (κ1) is 10.7. The molecule has 0 aliphatic rings. The van der Waals surface area contributed by atoms with Crippen LogP contribution < -0.4 is 0 Å². The van der Waals surface area contributed by atoms with Crippen LogP contribution in [0.3, 0.4) is 0 Å². The van der Waals surface area contributed by atoms with Crippen LogP contribution in [0.5, 0.6) is 0 Å². The molecule has 0 atom stereocenters. The van der Waals surface area contributed by atoms with E-state index in [-0.39, 0.29) is 6.61 Å². The van der Waals surface area contributed by atoms with E-state index in [1.807, 2.05) is 18.2 Å². The zero-order chi connectivity index (χ0) is 11.0. The lowest BCUT2D eigenvalue weighted by Gasteiger charge is -2.14. The van der Waals surface area contributed by atoms with E-state index in [0.717, 1.165) is 15.7 Å². The highest BCUT2D eigenvalue weighted by Crippen LogP contribution is 2.30. The number of para-hydroxylation sites is 1. The topological polar surface area (TPSA) is 25.2 Å². The van der Waals surface area contributed by atoms with E-state index in [2.05, 4.69) is 40.4 Å². The molecule has 1 aromatic heterocycles. The fourth-order valence-electron chi connectivity index (χ4n) is 2.01. The third-order valence-corrected chi connectivity index (χ3v) is 3.21. The molecular weight excluding hydrogens is 254 g/mol. The Hall–Kier alpha value is -0.800. The van der Waals surface area contributed by atoms with E-state index >= 15 is 0 Å². The van der Waals surface area contributed by atoms with Gasteiger partial charge in [-0.1, -0.05) is 12.1 Å². The van der Waals surface area contributed by atoms with E-state index in [1.54, 1.807) is 0 Å². The van der Waals surface area contributed by atoms with Gasteiger partial charge >= 0.3 is 0 Å². The predicted molar refractivity (Wildman–Crippen MR) is 65.9 cm³/mol. The molecule has 3 heteroatoms. The van der Waals surface area contributed by atoms with Gasteiger partial charge in [-0.15, -0.1) is 0 Å². The van der Waals surface area contributed by atoms with Gasteiger partial charge in [-0.25, -0.2) is 0 Å². The summed E-state index contributed by atoms with van der Waals surface area (Å²) in [4.78, 5) is 0. The van der Waals surface area contributed by atoms with Crippen molar-refractivity contribution in [2.45, 2.75) is 26.5 Å². The molecule has 0 radical (unpaired) electrons. The van der Waals surface area contributed by atoms with Crippen LogP contribution >= 0.6 is 15.9 Å². The highest BCUT2D eigenvalue weighted by molar-refractivity contribution is 9.10. The second-order valence-electron chi connectivity index (χ2n) is 3.94. The number of aliphatic hydroxyl groups excluding tert-OH is 1. The van der Waals surface area contributed by atoms with E-state index in [4.69, 9.17) is 0 Å². The van der Waals surface area contributed by atoms with Crippen LogP contribution in [0.2, 0.25) is 0 Å². The molecule has 0 saturated carbocycles. The summed E-state index contributed by atoms with van der Waals surface area (Å²) in [6.07, 6.45) is 0. The van der Waals surface area contributed by atoms with Crippen LogP contribution in [0.15, 0.2) is 28.7 Å². The van der Waals surface area contributed by atoms with Crippen LogP contribution in [-0.4, -0.2) is 9.67 Å². The maximum atomic E-state index is 9.32. The maximum Gasteiger partial charge on any atom is 0.0833 e. The molecule has 0 aliphatic carbocycles. The second-order valence-corrected chi connectivity index (χ2v) is 4.79. The van der Waals surface area contributed by atoms with Crippen molar-refractivity contribution in [3.63, 3.8) is 0 Å². The van der Waals surface area contributed by atoms with Crippen molar-refractivity contribution in [1.29, 1.82) is 0 Å². The summed E-state index contributed by atoms with van der Waals surface area (Å²) in [7, 11) is 0. The third kappa shape index (κ3) is 1.70. The van der Waals surface area contributed by atoms with Gasteiger partial charge in [-0.05, 0) is 41.9 Å². The van der Waals surface area contributed by atoms with Crippen LogP contribution in [-0.2, 0) is 6.61 Å². The molecule has 2 aromatic rings. The Balaban J connectivity index is 2.82. The molecule has 0 fully saturated rings. The molecule has 1 heterocycles. The van der Waals surface area contributed by atoms with Gasteiger partial charge in [0, 0.05) is 21.6 Å². The standard InChI is InChI=1S/C12H14BrNO/c1-8(2)14-10(7-15)6-9-4-3-5-11(13)12(9)14/h3-6,8,15H,7H2,1-2H3. The van der Waals surface area contributed by atoms with Gasteiger partial charge in [0.05, 0.1) is 12.1 Å². The highest BCUT2D eigenvalue weighted by atomic mass is 79.9. The van der Waals surface area contributed by atoms with E-state index in [0.29, 0.717) is 6.04 Å².